The number of hydrogen-bond donors (Lipinski definition) is 1. The van der Waals surface area contributed by atoms with E-state index in [1.807, 2.05) is 72.8 Å². The van der Waals surface area contributed by atoms with Gasteiger partial charge < -0.3 is 10.2 Å². The second-order valence-corrected chi connectivity index (χ2v) is 14.5. The number of amides is 2. The van der Waals surface area contributed by atoms with Gasteiger partial charge in [0.2, 0.25) is 21.8 Å². The maximum Gasteiger partial charge on any atom is 0.244 e. The zero-order valence-corrected chi connectivity index (χ0v) is 26.6. The Morgan fingerprint density at radius 2 is 1.40 bits per heavy atom. The molecule has 1 atom stereocenters. The monoisotopic (exact) mass is 603 g/mol. The number of benzene rings is 3. The summed E-state index contributed by atoms with van der Waals surface area (Å²) in [6, 6.07) is 25.7. The minimum Gasteiger partial charge on any atom is -0.352 e. The molecule has 2 amide bonds. The van der Waals surface area contributed by atoms with Crippen LogP contribution in [0.3, 0.4) is 0 Å². The van der Waals surface area contributed by atoms with Crippen molar-refractivity contribution in [1.29, 1.82) is 0 Å². The van der Waals surface area contributed by atoms with Crippen molar-refractivity contribution in [2.24, 2.45) is 0 Å². The van der Waals surface area contributed by atoms with Crippen molar-refractivity contribution in [1.82, 2.24) is 10.2 Å². The molecule has 230 valence electrons. The van der Waals surface area contributed by atoms with Crippen LogP contribution >= 0.6 is 0 Å². The molecule has 0 radical (unpaired) electrons. The van der Waals surface area contributed by atoms with E-state index in [1.165, 1.54) is 0 Å². The Labute approximate surface area is 257 Å². The van der Waals surface area contributed by atoms with E-state index >= 15 is 0 Å². The SMILES string of the molecule is CC(C)(C)c1ccc(N(CC(=O)N(Cc2ccccc2)[C@@H](Cc2ccccc2)C(=O)NC2CCCCC2)S(C)(=O)=O)cc1. The Hall–Kier alpha value is -3.65. The van der Waals surface area contributed by atoms with E-state index in [-0.39, 0.29) is 23.9 Å². The quantitative estimate of drug-likeness (QED) is 0.298. The van der Waals surface area contributed by atoms with E-state index < -0.39 is 28.5 Å². The maximum absolute atomic E-state index is 14.3. The summed E-state index contributed by atoms with van der Waals surface area (Å²) in [6.07, 6.45) is 6.56. The first-order valence-corrected chi connectivity index (χ1v) is 17.0. The summed E-state index contributed by atoms with van der Waals surface area (Å²) in [5.41, 5.74) is 3.15. The number of rotatable bonds is 11. The van der Waals surface area contributed by atoms with Crippen LogP contribution in [-0.4, -0.2) is 50.0 Å². The molecule has 3 aromatic rings. The van der Waals surface area contributed by atoms with E-state index in [0.717, 1.165) is 59.4 Å². The lowest BCUT2D eigenvalue weighted by Gasteiger charge is -2.35. The van der Waals surface area contributed by atoms with Gasteiger partial charge in [0, 0.05) is 19.0 Å². The first-order chi connectivity index (χ1) is 20.4. The Morgan fingerprint density at radius 3 is 1.93 bits per heavy atom. The predicted molar refractivity (Wildman–Crippen MR) is 173 cm³/mol. The lowest BCUT2D eigenvalue weighted by molar-refractivity contribution is -0.140. The molecule has 1 fully saturated rings. The van der Waals surface area contributed by atoms with Gasteiger partial charge in [0.05, 0.1) is 11.9 Å². The third-order valence-electron chi connectivity index (χ3n) is 8.12. The summed E-state index contributed by atoms with van der Waals surface area (Å²) in [5.74, 6) is -0.644. The molecule has 4 rings (SSSR count). The number of nitrogens with zero attached hydrogens (tertiary/aromatic N) is 2. The van der Waals surface area contributed by atoms with Crippen molar-refractivity contribution in [3.8, 4) is 0 Å². The molecule has 1 N–H and O–H groups in total. The Kier molecular flexibility index (Phi) is 10.7. The van der Waals surface area contributed by atoms with E-state index in [0.29, 0.717) is 12.1 Å². The molecular weight excluding hydrogens is 558 g/mol. The summed E-state index contributed by atoms with van der Waals surface area (Å²) >= 11 is 0. The number of sulfonamides is 1. The Morgan fingerprint density at radius 1 is 0.837 bits per heavy atom. The van der Waals surface area contributed by atoms with Crippen LogP contribution in [0.25, 0.3) is 0 Å². The van der Waals surface area contributed by atoms with E-state index in [9.17, 15) is 18.0 Å². The van der Waals surface area contributed by atoms with Crippen LogP contribution in [-0.2, 0) is 38.0 Å². The van der Waals surface area contributed by atoms with Crippen LogP contribution in [0.5, 0.6) is 0 Å². The Balaban J connectivity index is 1.70. The average Bonchev–Trinajstić information content (AvgIpc) is 2.98. The second-order valence-electron chi connectivity index (χ2n) is 12.6. The molecule has 0 aliphatic heterocycles. The van der Waals surface area contributed by atoms with E-state index in [1.54, 1.807) is 17.0 Å². The van der Waals surface area contributed by atoms with Crippen molar-refractivity contribution < 1.29 is 18.0 Å². The predicted octanol–water partition coefficient (Wildman–Crippen LogP) is 5.84. The van der Waals surface area contributed by atoms with Crippen LogP contribution in [0, 0.1) is 0 Å². The number of hydrogen-bond acceptors (Lipinski definition) is 4. The van der Waals surface area contributed by atoms with Gasteiger partial charge in [-0.3, -0.25) is 13.9 Å². The van der Waals surface area contributed by atoms with E-state index in [2.05, 4.69) is 26.1 Å². The maximum atomic E-state index is 14.3. The smallest absolute Gasteiger partial charge is 0.244 e. The van der Waals surface area contributed by atoms with Crippen LogP contribution in [0.1, 0.15) is 69.6 Å². The molecule has 0 aromatic heterocycles. The second kappa shape index (κ2) is 14.2. The molecule has 8 heteroatoms. The molecule has 1 aliphatic rings. The molecule has 0 bridgehead atoms. The van der Waals surface area contributed by atoms with Crippen molar-refractivity contribution in [2.45, 2.75) is 83.3 Å². The van der Waals surface area contributed by atoms with Gasteiger partial charge >= 0.3 is 0 Å². The minimum atomic E-state index is -3.81. The van der Waals surface area contributed by atoms with Gasteiger partial charge in [0.25, 0.3) is 0 Å². The van der Waals surface area contributed by atoms with Crippen molar-refractivity contribution in [3.63, 3.8) is 0 Å². The number of nitrogens with one attached hydrogen (secondary N) is 1. The lowest BCUT2D eigenvalue weighted by atomic mass is 9.87. The van der Waals surface area contributed by atoms with Crippen molar-refractivity contribution >= 4 is 27.5 Å². The van der Waals surface area contributed by atoms with Crippen molar-refractivity contribution in [2.75, 3.05) is 17.1 Å². The Bertz CT molecular complexity index is 1450. The molecule has 1 saturated carbocycles. The topological polar surface area (TPSA) is 86.8 Å². The van der Waals surface area contributed by atoms with Gasteiger partial charge in [-0.05, 0) is 47.1 Å². The zero-order valence-electron chi connectivity index (χ0n) is 25.8. The average molecular weight is 604 g/mol. The van der Waals surface area contributed by atoms with E-state index in [4.69, 9.17) is 0 Å². The van der Waals surface area contributed by atoms with Gasteiger partial charge in [-0.2, -0.15) is 0 Å². The lowest BCUT2D eigenvalue weighted by Crippen LogP contribution is -2.55. The fourth-order valence-electron chi connectivity index (χ4n) is 5.62. The summed E-state index contributed by atoms with van der Waals surface area (Å²) < 4.78 is 27.3. The number of carbonyl (C=O) groups is 2. The first-order valence-electron chi connectivity index (χ1n) is 15.2. The van der Waals surface area contributed by atoms with Gasteiger partial charge in [0.1, 0.15) is 12.6 Å². The first kappa shape index (κ1) is 32.3. The standard InChI is InChI=1S/C35H45N3O4S/c1-35(2,3)29-20-22-31(23-21-29)38(43(4,41)42)26-33(39)37(25-28-16-10-6-11-17-28)32(24-27-14-8-5-9-15-27)34(40)36-30-18-12-7-13-19-30/h5-6,8-11,14-17,20-23,30,32H,7,12-13,18-19,24-26H2,1-4H3,(H,36,40)/t32-/m0/s1. The number of carbonyl (C=O) groups excluding carboxylic acids is 2. The highest BCUT2D eigenvalue weighted by atomic mass is 32.2. The molecule has 1 aliphatic carbocycles. The highest BCUT2D eigenvalue weighted by molar-refractivity contribution is 7.92. The molecule has 0 heterocycles. The minimum absolute atomic E-state index is 0.0713. The highest BCUT2D eigenvalue weighted by Crippen LogP contribution is 2.27. The third-order valence-corrected chi connectivity index (χ3v) is 9.26. The van der Waals surface area contributed by atoms with Crippen LogP contribution in [0.2, 0.25) is 0 Å². The summed E-state index contributed by atoms with van der Waals surface area (Å²) in [7, 11) is -3.81. The molecule has 3 aromatic carbocycles. The highest BCUT2D eigenvalue weighted by Gasteiger charge is 2.34. The largest absolute Gasteiger partial charge is 0.352 e. The fraction of sp³-hybridized carbons (Fsp3) is 0.429. The summed E-state index contributed by atoms with van der Waals surface area (Å²) in [4.78, 5) is 29.8. The van der Waals surface area contributed by atoms with Gasteiger partial charge in [0.15, 0.2) is 0 Å². The molecule has 0 spiro atoms. The zero-order chi connectivity index (χ0) is 31.0. The van der Waals surface area contributed by atoms with Gasteiger partial charge in [-0.25, -0.2) is 8.42 Å². The van der Waals surface area contributed by atoms with Crippen LogP contribution in [0.15, 0.2) is 84.9 Å². The van der Waals surface area contributed by atoms with Gasteiger partial charge in [-0.1, -0.05) is 113 Å². The fourth-order valence-corrected chi connectivity index (χ4v) is 6.47. The van der Waals surface area contributed by atoms with Crippen molar-refractivity contribution in [3.05, 3.63) is 102 Å². The molecule has 7 nitrogen and oxygen atoms in total. The summed E-state index contributed by atoms with van der Waals surface area (Å²) in [6.45, 7) is 6.03. The summed E-state index contributed by atoms with van der Waals surface area (Å²) in [5, 5.41) is 3.23. The van der Waals surface area contributed by atoms with Gasteiger partial charge in [-0.15, -0.1) is 0 Å². The molecule has 0 saturated heterocycles. The third kappa shape index (κ3) is 9.17. The van der Waals surface area contributed by atoms with Crippen LogP contribution < -0.4 is 9.62 Å². The van der Waals surface area contributed by atoms with Crippen LogP contribution in [0.4, 0.5) is 5.69 Å². The molecular formula is C35H45N3O4S. The number of anilines is 1. The normalized spacial score (nSPS) is 15.0. The molecule has 0 unspecified atom stereocenters. The molecule has 43 heavy (non-hydrogen) atoms.